The summed E-state index contributed by atoms with van der Waals surface area (Å²) in [5.74, 6) is -0.974. The van der Waals surface area contributed by atoms with E-state index in [4.69, 9.17) is 4.74 Å². The first-order valence-corrected chi connectivity index (χ1v) is 13.0. The highest BCUT2D eigenvalue weighted by atomic mass is 16.5. The Morgan fingerprint density at radius 1 is 0.950 bits per heavy atom. The second-order valence-corrected chi connectivity index (χ2v) is 10.1. The summed E-state index contributed by atoms with van der Waals surface area (Å²) in [6.45, 7) is 2.63. The average Bonchev–Trinajstić information content (AvgIpc) is 3.21. The molecule has 1 atom stereocenters. The van der Waals surface area contributed by atoms with E-state index < -0.39 is 17.7 Å². The molecule has 0 aliphatic carbocycles. The van der Waals surface area contributed by atoms with Crippen molar-refractivity contribution in [2.45, 2.75) is 26.1 Å². The Kier molecular flexibility index (Phi) is 7.64. The molecule has 1 amide bonds. The smallest absolute Gasteiger partial charge is 0.295 e. The lowest BCUT2D eigenvalue weighted by molar-refractivity contribution is -0.140. The number of aryl methyl sites for hydroxylation is 1. The fourth-order valence-electron chi connectivity index (χ4n) is 4.87. The summed E-state index contributed by atoms with van der Waals surface area (Å²) in [4.78, 5) is 34.3. The number of hydrogen-bond acceptors (Lipinski definition) is 6. The Morgan fingerprint density at radius 2 is 1.68 bits per heavy atom. The predicted molar refractivity (Wildman–Crippen MR) is 155 cm³/mol. The number of ether oxygens (including phenoxy) is 1. The van der Waals surface area contributed by atoms with Crippen molar-refractivity contribution in [2.75, 3.05) is 19.0 Å². The lowest BCUT2D eigenvalue weighted by Crippen LogP contribution is -2.29. The summed E-state index contributed by atoms with van der Waals surface area (Å²) in [6.07, 6.45) is 3.32. The van der Waals surface area contributed by atoms with Crippen LogP contribution in [0.1, 0.15) is 33.9 Å². The van der Waals surface area contributed by atoms with Crippen LogP contribution in [0, 0.1) is 6.92 Å². The number of Topliss-reactive ketones (excluding diaryl/α,β-unsaturated/α-hetero) is 1. The van der Waals surface area contributed by atoms with Gasteiger partial charge >= 0.3 is 0 Å². The van der Waals surface area contributed by atoms with Crippen LogP contribution in [0.3, 0.4) is 0 Å². The lowest BCUT2D eigenvalue weighted by atomic mass is 9.95. The SMILES string of the molecule is Cc1cccc(COc2ccc(/C(O)=C3\C(=O)C(=O)N(Cc4cccnc4)C3c3ccc(N(C)C)cc3)cc2)c1. The number of hydrogen-bond donors (Lipinski definition) is 1. The number of anilines is 1. The molecule has 1 N–H and O–H groups in total. The zero-order valence-corrected chi connectivity index (χ0v) is 22.7. The summed E-state index contributed by atoms with van der Waals surface area (Å²) in [6, 6.07) is 25.5. The number of ketones is 1. The van der Waals surface area contributed by atoms with Crippen molar-refractivity contribution in [2.24, 2.45) is 0 Å². The predicted octanol–water partition coefficient (Wildman–Crippen LogP) is 5.66. The van der Waals surface area contributed by atoms with E-state index in [1.54, 1.807) is 42.7 Å². The molecule has 1 aromatic heterocycles. The molecule has 0 bridgehead atoms. The van der Waals surface area contributed by atoms with Crippen molar-refractivity contribution in [3.63, 3.8) is 0 Å². The van der Waals surface area contributed by atoms with Crippen molar-refractivity contribution >= 4 is 23.1 Å². The standard InChI is InChI=1S/C33H31N3O4/c1-22-6-4-7-23(18-22)21-40-28-15-11-26(12-16-28)31(37)29-30(25-9-13-27(14-10-25)35(2)3)36(33(39)32(29)38)20-24-8-5-17-34-19-24/h4-19,30,37H,20-21H2,1-3H3/b31-29+. The molecule has 7 heteroatoms. The quantitative estimate of drug-likeness (QED) is 0.179. The van der Waals surface area contributed by atoms with E-state index in [-0.39, 0.29) is 17.9 Å². The molecule has 0 saturated carbocycles. The van der Waals surface area contributed by atoms with Crippen LogP contribution in [0.2, 0.25) is 0 Å². The molecule has 202 valence electrons. The van der Waals surface area contributed by atoms with E-state index in [0.717, 1.165) is 27.9 Å². The minimum Gasteiger partial charge on any atom is -0.507 e. The molecule has 4 aromatic rings. The number of aliphatic hydroxyl groups is 1. The first-order chi connectivity index (χ1) is 19.3. The number of nitrogens with zero attached hydrogens (tertiary/aromatic N) is 3. The highest BCUT2D eigenvalue weighted by Crippen LogP contribution is 2.40. The Hall–Kier alpha value is -4.91. The molecular weight excluding hydrogens is 502 g/mol. The Labute approximate surface area is 234 Å². The van der Waals surface area contributed by atoms with E-state index in [1.165, 1.54) is 4.90 Å². The third-order valence-corrected chi connectivity index (χ3v) is 6.96. The summed E-state index contributed by atoms with van der Waals surface area (Å²) in [5, 5.41) is 11.4. The topological polar surface area (TPSA) is 83.0 Å². The second-order valence-electron chi connectivity index (χ2n) is 10.1. The van der Waals surface area contributed by atoms with Crippen molar-refractivity contribution in [3.8, 4) is 5.75 Å². The van der Waals surface area contributed by atoms with Gasteiger partial charge in [-0.15, -0.1) is 0 Å². The van der Waals surface area contributed by atoms with Crippen molar-refractivity contribution in [1.82, 2.24) is 9.88 Å². The normalized spacial score (nSPS) is 16.3. The van der Waals surface area contributed by atoms with Crippen LogP contribution >= 0.6 is 0 Å². The molecule has 0 spiro atoms. The number of likely N-dealkylation sites (tertiary alicyclic amines) is 1. The number of rotatable bonds is 8. The third kappa shape index (κ3) is 5.59. The molecule has 0 radical (unpaired) electrons. The number of aromatic nitrogens is 1. The summed E-state index contributed by atoms with van der Waals surface area (Å²) < 4.78 is 5.91. The third-order valence-electron chi connectivity index (χ3n) is 6.96. The molecule has 3 aromatic carbocycles. The maximum atomic E-state index is 13.4. The zero-order chi connectivity index (χ0) is 28.2. The molecule has 1 unspecified atom stereocenters. The van der Waals surface area contributed by atoms with Gasteiger partial charge in [-0.2, -0.15) is 0 Å². The molecule has 1 fully saturated rings. The van der Waals surface area contributed by atoms with E-state index in [9.17, 15) is 14.7 Å². The van der Waals surface area contributed by atoms with Gasteiger partial charge in [-0.05, 0) is 66.1 Å². The summed E-state index contributed by atoms with van der Waals surface area (Å²) in [7, 11) is 3.88. The highest BCUT2D eigenvalue weighted by molar-refractivity contribution is 6.46. The Balaban J connectivity index is 1.48. The first-order valence-electron chi connectivity index (χ1n) is 13.0. The van der Waals surface area contributed by atoms with E-state index >= 15 is 0 Å². The van der Waals surface area contributed by atoms with Crippen LogP contribution in [0.4, 0.5) is 5.69 Å². The van der Waals surface area contributed by atoms with Crippen LogP contribution < -0.4 is 9.64 Å². The van der Waals surface area contributed by atoms with Gasteiger partial charge in [0.05, 0.1) is 11.6 Å². The fraction of sp³-hybridized carbons (Fsp3) is 0.182. The molecule has 1 aliphatic heterocycles. The van der Waals surface area contributed by atoms with Gasteiger partial charge in [0.25, 0.3) is 11.7 Å². The van der Waals surface area contributed by atoms with Gasteiger partial charge in [-0.1, -0.05) is 48.0 Å². The fourth-order valence-corrected chi connectivity index (χ4v) is 4.87. The molecule has 40 heavy (non-hydrogen) atoms. The minimum absolute atomic E-state index is 0.0555. The number of benzene rings is 3. The summed E-state index contributed by atoms with van der Waals surface area (Å²) in [5.41, 5.74) is 5.20. The van der Waals surface area contributed by atoms with Crippen LogP contribution in [0.15, 0.2) is 103 Å². The molecule has 1 aliphatic rings. The van der Waals surface area contributed by atoms with Gasteiger partial charge in [0, 0.05) is 44.3 Å². The Morgan fingerprint density at radius 3 is 2.33 bits per heavy atom. The van der Waals surface area contributed by atoms with Crippen LogP contribution in [-0.2, 0) is 22.7 Å². The maximum absolute atomic E-state index is 13.4. The van der Waals surface area contributed by atoms with Gasteiger partial charge < -0.3 is 19.6 Å². The zero-order valence-electron chi connectivity index (χ0n) is 22.7. The maximum Gasteiger partial charge on any atom is 0.295 e. The number of carbonyl (C=O) groups excluding carboxylic acids is 2. The van der Waals surface area contributed by atoms with Gasteiger partial charge in [-0.25, -0.2) is 0 Å². The van der Waals surface area contributed by atoms with Gasteiger partial charge in [-0.3, -0.25) is 14.6 Å². The highest BCUT2D eigenvalue weighted by Gasteiger charge is 2.46. The van der Waals surface area contributed by atoms with Crippen LogP contribution in [0.5, 0.6) is 5.75 Å². The second kappa shape index (κ2) is 11.5. The lowest BCUT2D eigenvalue weighted by Gasteiger charge is -2.26. The van der Waals surface area contributed by atoms with Gasteiger partial charge in [0.15, 0.2) is 0 Å². The summed E-state index contributed by atoms with van der Waals surface area (Å²) >= 11 is 0. The van der Waals surface area contributed by atoms with Crippen molar-refractivity contribution in [3.05, 3.63) is 131 Å². The molecule has 5 rings (SSSR count). The van der Waals surface area contributed by atoms with Gasteiger partial charge in [0.2, 0.25) is 0 Å². The number of aliphatic hydroxyl groups excluding tert-OH is 1. The molecule has 1 saturated heterocycles. The monoisotopic (exact) mass is 533 g/mol. The van der Waals surface area contributed by atoms with Crippen molar-refractivity contribution < 1.29 is 19.4 Å². The average molecular weight is 534 g/mol. The first kappa shape index (κ1) is 26.7. The number of amides is 1. The number of pyridine rings is 1. The van der Waals surface area contributed by atoms with Crippen LogP contribution in [-0.4, -0.2) is 40.8 Å². The van der Waals surface area contributed by atoms with E-state index in [1.807, 2.05) is 74.4 Å². The number of carbonyl (C=O) groups is 2. The largest absolute Gasteiger partial charge is 0.507 e. The molecular formula is C33H31N3O4. The molecule has 7 nitrogen and oxygen atoms in total. The van der Waals surface area contributed by atoms with Crippen molar-refractivity contribution in [1.29, 1.82) is 0 Å². The van der Waals surface area contributed by atoms with Gasteiger partial charge in [0.1, 0.15) is 18.1 Å². The minimum atomic E-state index is -0.756. The van der Waals surface area contributed by atoms with E-state index in [2.05, 4.69) is 11.1 Å². The Bertz CT molecular complexity index is 1550. The van der Waals surface area contributed by atoms with E-state index in [0.29, 0.717) is 17.9 Å². The molecule has 2 heterocycles. The van der Waals surface area contributed by atoms with Crippen LogP contribution in [0.25, 0.3) is 5.76 Å².